The number of nitrogens with zero attached hydrogens (tertiary/aromatic N) is 3. The van der Waals surface area contributed by atoms with Gasteiger partial charge in [0.05, 0.1) is 27.9 Å². The molecule has 0 aliphatic carbocycles. The number of fused-ring (bicyclic) bond motifs is 2. The average molecular weight is 603 g/mol. The molecule has 0 saturated carbocycles. The standard InChI is InChI=1S/C25H20ClFN6O5S2/c26-16-6-5-12(27)9-15(16)19-21-22(31-24(35)20-14-3-1-2-4-17(14)39-32-20)30-23(33(21)10-18(34)29-19)25(36)28-13-7-8-40(37,38)11-13/h1-6,9,13,19H,7-8,10-11H2,(H,28,36)(H,29,34)(H,31,35). The molecule has 1 fully saturated rings. The maximum atomic E-state index is 14.3. The van der Waals surface area contributed by atoms with E-state index in [-0.39, 0.29) is 58.1 Å². The third kappa shape index (κ3) is 4.82. The number of nitrogens with one attached hydrogen (secondary N) is 3. The molecule has 2 atom stereocenters. The van der Waals surface area contributed by atoms with Crippen molar-refractivity contribution in [2.45, 2.75) is 25.0 Å². The number of halogens is 2. The second-order valence-corrected chi connectivity index (χ2v) is 12.9. The molecule has 206 valence electrons. The van der Waals surface area contributed by atoms with Crippen molar-refractivity contribution in [1.29, 1.82) is 0 Å². The second kappa shape index (κ2) is 9.94. The van der Waals surface area contributed by atoms with Gasteiger partial charge in [-0.3, -0.25) is 14.4 Å². The van der Waals surface area contributed by atoms with Crippen LogP contribution in [-0.2, 0) is 21.2 Å². The van der Waals surface area contributed by atoms with Crippen molar-refractivity contribution < 1.29 is 27.2 Å². The first-order valence-corrected chi connectivity index (χ1v) is 15.1. The lowest BCUT2D eigenvalue weighted by Crippen LogP contribution is -2.42. The largest absolute Gasteiger partial charge is 0.346 e. The van der Waals surface area contributed by atoms with Gasteiger partial charge >= 0.3 is 0 Å². The van der Waals surface area contributed by atoms with E-state index in [2.05, 4.69) is 25.3 Å². The summed E-state index contributed by atoms with van der Waals surface area (Å²) < 4.78 is 44.4. The van der Waals surface area contributed by atoms with Crippen LogP contribution in [0.2, 0.25) is 5.02 Å². The predicted molar refractivity (Wildman–Crippen MR) is 146 cm³/mol. The van der Waals surface area contributed by atoms with Crippen LogP contribution in [0.5, 0.6) is 0 Å². The summed E-state index contributed by atoms with van der Waals surface area (Å²) in [5.41, 5.74) is 0.535. The predicted octanol–water partition coefficient (Wildman–Crippen LogP) is 2.67. The number of rotatable bonds is 5. The Kier molecular flexibility index (Phi) is 6.55. The Morgan fingerprint density at radius 2 is 1.98 bits per heavy atom. The fraction of sp³-hybridized carbons (Fsp3) is 0.240. The molecular weight excluding hydrogens is 583 g/mol. The Bertz CT molecular complexity index is 1820. The number of benzene rings is 2. The van der Waals surface area contributed by atoms with Crippen LogP contribution in [-0.4, -0.2) is 57.6 Å². The Morgan fingerprint density at radius 3 is 2.75 bits per heavy atom. The van der Waals surface area contributed by atoms with Crippen molar-refractivity contribution >= 4 is 66.6 Å². The van der Waals surface area contributed by atoms with Crippen molar-refractivity contribution in [3.63, 3.8) is 0 Å². The molecule has 1 saturated heterocycles. The average Bonchev–Trinajstić information content (AvgIpc) is 3.60. The van der Waals surface area contributed by atoms with Crippen LogP contribution in [0.25, 0.3) is 10.1 Å². The van der Waals surface area contributed by atoms with Crippen molar-refractivity contribution in [1.82, 2.24) is 24.6 Å². The molecule has 3 amide bonds. The van der Waals surface area contributed by atoms with E-state index in [0.717, 1.165) is 22.3 Å². The lowest BCUT2D eigenvalue weighted by molar-refractivity contribution is -0.123. The summed E-state index contributed by atoms with van der Waals surface area (Å²) in [5, 5.41) is 8.88. The monoisotopic (exact) mass is 602 g/mol. The highest BCUT2D eigenvalue weighted by atomic mass is 35.5. The fourth-order valence-electron chi connectivity index (χ4n) is 4.94. The number of carbonyl (C=O) groups excluding carboxylic acids is 3. The molecule has 4 aromatic rings. The van der Waals surface area contributed by atoms with Crippen LogP contribution >= 0.6 is 23.1 Å². The molecule has 15 heteroatoms. The first-order valence-electron chi connectivity index (χ1n) is 12.1. The molecule has 11 nitrogen and oxygen atoms in total. The summed E-state index contributed by atoms with van der Waals surface area (Å²) in [6, 6.07) is 9.13. The third-order valence-corrected chi connectivity index (χ3v) is 9.69. The normalized spacial score (nSPS) is 19.7. The lowest BCUT2D eigenvalue weighted by atomic mass is 10.0. The first kappa shape index (κ1) is 26.3. The van der Waals surface area contributed by atoms with Gasteiger partial charge in [0.2, 0.25) is 11.7 Å². The van der Waals surface area contributed by atoms with Gasteiger partial charge in [-0.15, -0.1) is 0 Å². The zero-order valence-electron chi connectivity index (χ0n) is 20.5. The van der Waals surface area contributed by atoms with Crippen molar-refractivity contribution in [3.8, 4) is 0 Å². The van der Waals surface area contributed by atoms with Gasteiger partial charge < -0.3 is 20.5 Å². The van der Waals surface area contributed by atoms with E-state index in [1.807, 2.05) is 12.1 Å². The summed E-state index contributed by atoms with van der Waals surface area (Å²) >= 11 is 7.52. The Hall–Kier alpha value is -3.88. The smallest absolute Gasteiger partial charge is 0.287 e. The SMILES string of the molecule is O=C1Cn2c(C(=O)NC3CCS(=O)(=O)C3)nc(NC(=O)c3nsc4ccccc34)c2C(c2cc(F)ccc2Cl)N1. The minimum absolute atomic E-state index is 0.0525. The number of hydrogen-bond acceptors (Lipinski definition) is 8. The van der Waals surface area contributed by atoms with Gasteiger partial charge in [0, 0.05) is 22.0 Å². The van der Waals surface area contributed by atoms with Crippen LogP contribution in [0.1, 0.15) is 44.8 Å². The minimum atomic E-state index is -3.28. The molecule has 2 unspecified atom stereocenters. The molecule has 2 aliphatic rings. The van der Waals surface area contributed by atoms with E-state index in [1.54, 1.807) is 12.1 Å². The molecule has 0 spiro atoms. The molecular formula is C25H20ClFN6O5S2. The first-order chi connectivity index (χ1) is 19.1. The number of imidazole rings is 1. The molecule has 3 N–H and O–H groups in total. The van der Waals surface area contributed by atoms with E-state index in [1.165, 1.54) is 16.7 Å². The molecule has 2 aromatic carbocycles. The summed E-state index contributed by atoms with van der Waals surface area (Å²) in [6.07, 6.45) is 0.240. The number of anilines is 1. The van der Waals surface area contributed by atoms with Gasteiger partial charge in [0.25, 0.3) is 11.8 Å². The highest BCUT2D eigenvalue weighted by Crippen LogP contribution is 2.36. The molecule has 0 radical (unpaired) electrons. The zero-order valence-corrected chi connectivity index (χ0v) is 22.9. The van der Waals surface area contributed by atoms with Gasteiger partial charge in [-0.1, -0.05) is 29.8 Å². The van der Waals surface area contributed by atoms with Crippen LogP contribution in [0.4, 0.5) is 10.2 Å². The number of amides is 3. The number of sulfone groups is 1. The number of aromatic nitrogens is 3. The summed E-state index contributed by atoms with van der Waals surface area (Å²) in [4.78, 5) is 43.9. The highest BCUT2D eigenvalue weighted by Gasteiger charge is 2.37. The highest BCUT2D eigenvalue weighted by molar-refractivity contribution is 7.91. The number of hydrogen-bond donors (Lipinski definition) is 3. The summed E-state index contributed by atoms with van der Waals surface area (Å²) in [6.45, 7) is -0.326. The summed E-state index contributed by atoms with van der Waals surface area (Å²) in [7, 11) is -3.28. The van der Waals surface area contributed by atoms with E-state index >= 15 is 0 Å². The van der Waals surface area contributed by atoms with Gasteiger partial charge in [-0.25, -0.2) is 17.8 Å². The Balaban J connectivity index is 1.44. The Morgan fingerprint density at radius 1 is 1.18 bits per heavy atom. The molecule has 40 heavy (non-hydrogen) atoms. The van der Waals surface area contributed by atoms with Crippen LogP contribution in [0, 0.1) is 5.82 Å². The van der Waals surface area contributed by atoms with Gasteiger partial charge in [0.15, 0.2) is 15.7 Å². The topological polar surface area (TPSA) is 152 Å². The lowest BCUT2D eigenvalue weighted by Gasteiger charge is -2.28. The van der Waals surface area contributed by atoms with Crippen LogP contribution in [0.15, 0.2) is 42.5 Å². The summed E-state index contributed by atoms with van der Waals surface area (Å²) in [5.74, 6) is -2.98. The van der Waals surface area contributed by atoms with Crippen LogP contribution in [0.3, 0.4) is 0 Å². The van der Waals surface area contributed by atoms with E-state index in [9.17, 15) is 27.2 Å². The maximum Gasteiger partial charge on any atom is 0.287 e. The van der Waals surface area contributed by atoms with Crippen LogP contribution < -0.4 is 16.0 Å². The maximum absolute atomic E-state index is 14.3. The third-order valence-electron chi connectivity index (χ3n) is 6.75. The molecule has 2 aliphatic heterocycles. The zero-order chi connectivity index (χ0) is 28.2. The Labute approximate surface area is 235 Å². The van der Waals surface area contributed by atoms with Gasteiger partial charge in [-0.2, -0.15) is 4.37 Å². The van der Waals surface area contributed by atoms with E-state index in [4.69, 9.17) is 11.6 Å². The van der Waals surface area contributed by atoms with Crippen molar-refractivity contribution in [2.75, 3.05) is 16.8 Å². The van der Waals surface area contributed by atoms with Gasteiger partial charge in [0.1, 0.15) is 18.1 Å². The second-order valence-electron chi connectivity index (χ2n) is 9.48. The fourth-order valence-corrected chi connectivity index (χ4v) is 7.61. The van der Waals surface area contributed by atoms with Gasteiger partial charge in [-0.05, 0) is 42.2 Å². The molecule has 0 bridgehead atoms. The van der Waals surface area contributed by atoms with Crippen molar-refractivity contribution in [2.24, 2.45) is 0 Å². The van der Waals surface area contributed by atoms with E-state index < -0.39 is 45.5 Å². The number of carbonyl (C=O) groups is 3. The molecule has 4 heterocycles. The molecule has 2 aromatic heterocycles. The quantitative estimate of drug-likeness (QED) is 0.317. The van der Waals surface area contributed by atoms with E-state index in [0.29, 0.717) is 5.39 Å². The minimum Gasteiger partial charge on any atom is -0.346 e. The van der Waals surface area contributed by atoms with Crippen molar-refractivity contribution in [3.05, 3.63) is 76.1 Å². The molecule has 6 rings (SSSR count).